The fraction of sp³-hybridized carbons (Fsp3) is 0.333. The number of benzene rings is 1. The van der Waals surface area contributed by atoms with Gasteiger partial charge >= 0.3 is 0 Å². The smallest absolute Gasteiger partial charge is 0.241 e. The van der Waals surface area contributed by atoms with Crippen molar-refractivity contribution in [2.75, 3.05) is 11.1 Å². The molecule has 0 saturated carbocycles. The van der Waals surface area contributed by atoms with Gasteiger partial charge in [-0.3, -0.25) is 4.79 Å². The highest BCUT2D eigenvalue weighted by molar-refractivity contribution is 7.92. The largest absolute Gasteiger partial charge is 0.301 e. The minimum Gasteiger partial charge on any atom is -0.301 e. The molecule has 0 saturated heterocycles. The van der Waals surface area contributed by atoms with Crippen molar-refractivity contribution in [3.8, 4) is 0 Å². The Morgan fingerprint density at radius 1 is 1.18 bits per heavy atom. The molecule has 1 aliphatic carbocycles. The fourth-order valence-corrected chi connectivity index (χ4v) is 4.67. The van der Waals surface area contributed by atoms with Crippen LogP contribution in [-0.4, -0.2) is 25.1 Å². The van der Waals surface area contributed by atoms with Crippen LogP contribution in [0.2, 0.25) is 0 Å². The summed E-state index contributed by atoms with van der Waals surface area (Å²) in [4.78, 5) is 17.7. The van der Waals surface area contributed by atoms with Crippen molar-refractivity contribution in [1.82, 2.24) is 4.98 Å². The van der Waals surface area contributed by atoms with Crippen LogP contribution in [0.4, 0.5) is 5.13 Å². The van der Waals surface area contributed by atoms with Crippen molar-refractivity contribution in [1.29, 1.82) is 0 Å². The number of thiazole rings is 1. The van der Waals surface area contributed by atoms with E-state index in [1.165, 1.54) is 28.3 Å². The Morgan fingerprint density at radius 2 is 1.91 bits per heavy atom. The standard InChI is InChI=1S/C15H16N2O3S2/c18-14(10-22(19,20)11-6-2-1-3-7-11)17-15-16-12-8-4-5-9-13(12)21-15/h1-3,6-7H,4-5,8-10H2,(H,16,17,18). The zero-order valence-corrected chi connectivity index (χ0v) is 13.5. The van der Waals surface area contributed by atoms with Crippen molar-refractivity contribution >= 4 is 32.2 Å². The van der Waals surface area contributed by atoms with E-state index in [4.69, 9.17) is 0 Å². The van der Waals surface area contributed by atoms with Gasteiger partial charge in [0.15, 0.2) is 15.0 Å². The summed E-state index contributed by atoms with van der Waals surface area (Å²) in [5.41, 5.74) is 1.04. The molecule has 0 aliphatic heterocycles. The third-order valence-corrected chi connectivity index (χ3v) is 6.22. The van der Waals surface area contributed by atoms with Gasteiger partial charge in [-0.05, 0) is 37.8 Å². The van der Waals surface area contributed by atoms with Crippen LogP contribution in [0.5, 0.6) is 0 Å². The highest BCUT2D eigenvalue weighted by Gasteiger charge is 2.21. The molecule has 1 aliphatic rings. The van der Waals surface area contributed by atoms with Crippen molar-refractivity contribution in [3.05, 3.63) is 40.9 Å². The first kappa shape index (κ1) is 15.2. The first-order valence-corrected chi connectivity index (χ1v) is 9.58. The lowest BCUT2D eigenvalue weighted by atomic mass is 10.0. The third-order valence-electron chi connectivity index (χ3n) is 3.52. The lowest BCUT2D eigenvalue weighted by Crippen LogP contribution is -2.22. The molecule has 0 bridgehead atoms. The summed E-state index contributed by atoms with van der Waals surface area (Å²) < 4.78 is 24.3. The van der Waals surface area contributed by atoms with Gasteiger partial charge in [0, 0.05) is 4.88 Å². The van der Waals surface area contributed by atoms with Crippen molar-refractivity contribution in [2.45, 2.75) is 30.6 Å². The summed E-state index contributed by atoms with van der Waals surface area (Å²) in [6.45, 7) is 0. The van der Waals surface area contributed by atoms with Gasteiger partial charge in [0.2, 0.25) is 5.91 Å². The van der Waals surface area contributed by atoms with Crippen LogP contribution in [0.25, 0.3) is 0 Å². The number of amides is 1. The molecule has 0 spiro atoms. The minimum atomic E-state index is -3.62. The molecule has 22 heavy (non-hydrogen) atoms. The monoisotopic (exact) mass is 336 g/mol. The number of hydrogen-bond acceptors (Lipinski definition) is 5. The predicted octanol–water partition coefficient (Wildman–Crippen LogP) is 2.43. The average molecular weight is 336 g/mol. The van der Waals surface area contributed by atoms with Crippen LogP contribution in [0.3, 0.4) is 0 Å². The van der Waals surface area contributed by atoms with Crippen LogP contribution in [0.1, 0.15) is 23.4 Å². The Morgan fingerprint density at radius 3 is 2.64 bits per heavy atom. The van der Waals surface area contributed by atoms with Crippen molar-refractivity contribution in [3.63, 3.8) is 0 Å². The van der Waals surface area contributed by atoms with E-state index in [0.717, 1.165) is 31.4 Å². The Hall–Kier alpha value is -1.73. The normalized spacial score (nSPS) is 14.4. The molecule has 1 aromatic heterocycles. The number of sulfone groups is 1. The third kappa shape index (κ3) is 3.36. The maximum atomic E-state index is 12.1. The zero-order chi connectivity index (χ0) is 15.6. The first-order valence-electron chi connectivity index (χ1n) is 7.11. The van der Waals surface area contributed by atoms with Crippen LogP contribution >= 0.6 is 11.3 Å². The lowest BCUT2D eigenvalue weighted by molar-refractivity contribution is -0.113. The van der Waals surface area contributed by atoms with E-state index < -0.39 is 21.5 Å². The summed E-state index contributed by atoms with van der Waals surface area (Å²) in [5, 5.41) is 3.11. The molecular weight excluding hydrogens is 320 g/mol. The van der Waals surface area contributed by atoms with Gasteiger partial charge in [-0.1, -0.05) is 18.2 Å². The highest BCUT2D eigenvalue weighted by Crippen LogP contribution is 2.29. The predicted molar refractivity (Wildman–Crippen MR) is 85.9 cm³/mol. The molecule has 1 N–H and O–H groups in total. The van der Waals surface area contributed by atoms with Crippen molar-refractivity contribution in [2.24, 2.45) is 0 Å². The molecule has 1 aromatic carbocycles. The fourth-order valence-electron chi connectivity index (χ4n) is 2.44. The van der Waals surface area contributed by atoms with E-state index in [1.807, 2.05) is 0 Å². The number of rotatable bonds is 4. The summed E-state index contributed by atoms with van der Waals surface area (Å²) >= 11 is 1.45. The van der Waals surface area contributed by atoms with Gasteiger partial charge in [0.25, 0.3) is 0 Å². The van der Waals surface area contributed by atoms with E-state index in [2.05, 4.69) is 10.3 Å². The number of aryl methyl sites for hydroxylation is 2. The number of carbonyl (C=O) groups excluding carboxylic acids is 1. The molecule has 116 valence electrons. The summed E-state index contributed by atoms with van der Waals surface area (Å²) in [7, 11) is -3.62. The van der Waals surface area contributed by atoms with E-state index >= 15 is 0 Å². The summed E-state index contributed by atoms with van der Waals surface area (Å²) in [6.07, 6.45) is 4.19. The van der Waals surface area contributed by atoms with Crippen LogP contribution in [0, 0.1) is 0 Å². The van der Waals surface area contributed by atoms with E-state index in [0.29, 0.717) is 5.13 Å². The molecule has 3 rings (SSSR count). The minimum absolute atomic E-state index is 0.156. The lowest BCUT2D eigenvalue weighted by Gasteiger charge is -2.06. The number of fused-ring (bicyclic) bond motifs is 1. The SMILES string of the molecule is O=C(CS(=O)(=O)c1ccccc1)Nc1nc2c(s1)CCCC2. The van der Waals surface area contributed by atoms with Crippen molar-refractivity contribution < 1.29 is 13.2 Å². The number of carbonyl (C=O) groups is 1. The summed E-state index contributed by atoms with van der Waals surface area (Å²) in [5.74, 6) is -1.11. The van der Waals surface area contributed by atoms with Gasteiger partial charge < -0.3 is 5.32 Å². The van der Waals surface area contributed by atoms with Crippen LogP contribution < -0.4 is 5.32 Å². The molecule has 7 heteroatoms. The average Bonchev–Trinajstić information content (AvgIpc) is 2.89. The number of hydrogen-bond donors (Lipinski definition) is 1. The molecule has 2 aromatic rings. The van der Waals surface area contributed by atoms with Gasteiger partial charge in [-0.25, -0.2) is 13.4 Å². The Kier molecular flexibility index (Phi) is 4.26. The van der Waals surface area contributed by atoms with Gasteiger partial charge in [0.1, 0.15) is 5.75 Å². The zero-order valence-electron chi connectivity index (χ0n) is 11.9. The van der Waals surface area contributed by atoms with E-state index in [9.17, 15) is 13.2 Å². The molecule has 0 fully saturated rings. The molecular formula is C15H16N2O3S2. The Labute approximate surface area is 133 Å². The molecule has 1 amide bonds. The molecule has 0 unspecified atom stereocenters. The van der Waals surface area contributed by atoms with Gasteiger partial charge in [-0.2, -0.15) is 0 Å². The first-order chi connectivity index (χ1) is 10.5. The quantitative estimate of drug-likeness (QED) is 0.930. The maximum Gasteiger partial charge on any atom is 0.241 e. The number of anilines is 1. The second kappa shape index (κ2) is 6.18. The number of nitrogens with one attached hydrogen (secondary N) is 1. The maximum absolute atomic E-state index is 12.1. The molecule has 0 atom stereocenters. The van der Waals surface area contributed by atoms with E-state index in [1.54, 1.807) is 18.2 Å². The van der Waals surface area contributed by atoms with Gasteiger partial charge in [0.05, 0.1) is 10.6 Å². The summed E-state index contributed by atoms with van der Waals surface area (Å²) in [6, 6.07) is 7.99. The second-order valence-electron chi connectivity index (χ2n) is 5.22. The van der Waals surface area contributed by atoms with Gasteiger partial charge in [-0.15, -0.1) is 11.3 Å². The Bertz CT molecular complexity index is 759. The molecule has 1 heterocycles. The number of aromatic nitrogens is 1. The second-order valence-corrected chi connectivity index (χ2v) is 8.29. The molecule has 5 nitrogen and oxygen atoms in total. The Balaban J connectivity index is 1.69. The molecule has 0 radical (unpaired) electrons. The van der Waals surface area contributed by atoms with Crippen LogP contribution in [0.15, 0.2) is 35.2 Å². The van der Waals surface area contributed by atoms with E-state index in [-0.39, 0.29) is 4.90 Å². The number of nitrogens with zero attached hydrogens (tertiary/aromatic N) is 1. The highest BCUT2D eigenvalue weighted by atomic mass is 32.2. The topological polar surface area (TPSA) is 76.1 Å². The van der Waals surface area contributed by atoms with Crippen LogP contribution in [-0.2, 0) is 27.5 Å².